The molecule has 0 unspecified atom stereocenters. The fourth-order valence-corrected chi connectivity index (χ4v) is 1.37. The first kappa shape index (κ1) is 6.58. The zero-order valence-corrected chi connectivity index (χ0v) is 6.11. The van der Waals surface area contributed by atoms with Gasteiger partial charge in [-0.05, 0) is 23.9 Å². The van der Waals surface area contributed by atoms with E-state index in [1.165, 1.54) is 11.3 Å². The average Bonchev–Trinajstić information content (AvgIpc) is 2.14. The van der Waals surface area contributed by atoms with Crippen molar-refractivity contribution in [1.82, 2.24) is 0 Å². The van der Waals surface area contributed by atoms with Gasteiger partial charge in [-0.3, -0.25) is 0 Å². The lowest BCUT2D eigenvalue weighted by molar-refractivity contribution is 0.823. The maximum absolute atomic E-state index is 5.58. The number of nitrogens with two attached hydrogens (primary N) is 2. The molecule has 1 rings (SSSR count). The molecule has 2 nitrogen and oxygen atoms in total. The summed E-state index contributed by atoms with van der Waals surface area (Å²) in [6.45, 7) is 1.95. The minimum absolute atomic E-state index is 0.110. The summed E-state index contributed by atoms with van der Waals surface area (Å²) in [6, 6.07) is 2.02. The van der Waals surface area contributed by atoms with Crippen molar-refractivity contribution in [2.24, 2.45) is 5.73 Å². The molecule has 0 bridgehead atoms. The molecule has 4 N–H and O–H groups in total. The Bertz CT molecular complexity index is 193. The molecule has 1 aromatic rings. The van der Waals surface area contributed by atoms with Crippen LogP contribution in [0.3, 0.4) is 0 Å². The van der Waals surface area contributed by atoms with Crippen molar-refractivity contribution in [2.75, 3.05) is 5.73 Å². The molecule has 0 aliphatic carbocycles. The Morgan fingerprint density at radius 2 is 2.33 bits per heavy atom. The first-order chi connectivity index (χ1) is 4.20. The van der Waals surface area contributed by atoms with Crippen LogP contribution in [0.1, 0.15) is 18.5 Å². The molecule has 0 fully saturated rings. The molecule has 1 atom stereocenters. The molecule has 50 valence electrons. The van der Waals surface area contributed by atoms with E-state index >= 15 is 0 Å². The largest absolute Gasteiger partial charge is 0.391 e. The van der Waals surface area contributed by atoms with Crippen molar-refractivity contribution in [3.63, 3.8) is 0 Å². The quantitative estimate of drug-likeness (QED) is 0.622. The van der Waals surface area contributed by atoms with E-state index in [4.69, 9.17) is 11.5 Å². The van der Waals surface area contributed by atoms with Crippen LogP contribution in [-0.4, -0.2) is 0 Å². The highest BCUT2D eigenvalue weighted by atomic mass is 32.1. The van der Waals surface area contributed by atoms with Gasteiger partial charge in [0.1, 0.15) is 0 Å². The number of nitrogen functional groups attached to an aromatic ring is 1. The van der Waals surface area contributed by atoms with E-state index in [2.05, 4.69) is 0 Å². The molecular formula is C6H10N2S. The average molecular weight is 142 g/mol. The summed E-state index contributed by atoms with van der Waals surface area (Å²) >= 11 is 1.53. The summed E-state index contributed by atoms with van der Waals surface area (Å²) in [6.07, 6.45) is 0. The van der Waals surface area contributed by atoms with Crippen molar-refractivity contribution in [2.45, 2.75) is 13.0 Å². The summed E-state index contributed by atoms with van der Waals surface area (Å²) in [5.41, 5.74) is 12.2. The molecule has 3 heteroatoms. The highest BCUT2D eigenvalue weighted by Gasteiger charge is 1.99. The van der Waals surface area contributed by atoms with Crippen LogP contribution in [0.4, 0.5) is 5.00 Å². The minimum Gasteiger partial charge on any atom is -0.391 e. The number of thiophene rings is 1. The maximum atomic E-state index is 5.58. The van der Waals surface area contributed by atoms with Crippen LogP contribution >= 0.6 is 11.3 Å². The second-order valence-corrected chi connectivity index (χ2v) is 3.01. The Hall–Kier alpha value is -0.540. The van der Waals surface area contributed by atoms with Gasteiger partial charge in [0.05, 0.1) is 5.00 Å². The monoisotopic (exact) mass is 142 g/mol. The molecular weight excluding hydrogens is 132 g/mol. The molecule has 0 aliphatic rings. The van der Waals surface area contributed by atoms with Crippen LogP contribution < -0.4 is 11.5 Å². The van der Waals surface area contributed by atoms with Crippen LogP contribution in [0.25, 0.3) is 0 Å². The second-order valence-electron chi connectivity index (χ2n) is 2.07. The van der Waals surface area contributed by atoms with E-state index in [0.717, 1.165) is 10.6 Å². The Morgan fingerprint density at radius 1 is 1.67 bits per heavy atom. The van der Waals surface area contributed by atoms with E-state index in [0.29, 0.717) is 0 Å². The van der Waals surface area contributed by atoms with E-state index in [-0.39, 0.29) is 6.04 Å². The van der Waals surface area contributed by atoms with Gasteiger partial charge in [-0.2, -0.15) is 0 Å². The van der Waals surface area contributed by atoms with Gasteiger partial charge >= 0.3 is 0 Å². The Kier molecular flexibility index (Phi) is 1.73. The van der Waals surface area contributed by atoms with Gasteiger partial charge in [0, 0.05) is 6.04 Å². The van der Waals surface area contributed by atoms with Crippen LogP contribution in [-0.2, 0) is 0 Å². The van der Waals surface area contributed by atoms with Crippen molar-refractivity contribution >= 4 is 16.3 Å². The van der Waals surface area contributed by atoms with Crippen LogP contribution in [0.2, 0.25) is 0 Å². The SMILES string of the molecule is C[C@H](N)c1csc(N)c1. The van der Waals surface area contributed by atoms with Crippen molar-refractivity contribution in [1.29, 1.82) is 0 Å². The third-order valence-electron chi connectivity index (χ3n) is 1.17. The normalized spacial score (nSPS) is 13.6. The zero-order valence-electron chi connectivity index (χ0n) is 5.29. The molecule has 0 aliphatic heterocycles. The predicted molar refractivity (Wildman–Crippen MR) is 41.3 cm³/mol. The van der Waals surface area contributed by atoms with E-state index in [1.807, 2.05) is 18.4 Å². The lowest BCUT2D eigenvalue weighted by Crippen LogP contribution is -2.02. The summed E-state index contributed by atoms with van der Waals surface area (Å²) in [5, 5.41) is 2.82. The first-order valence-corrected chi connectivity index (χ1v) is 3.67. The Balaban J connectivity index is 2.85. The van der Waals surface area contributed by atoms with Gasteiger partial charge in [0.15, 0.2) is 0 Å². The van der Waals surface area contributed by atoms with E-state index in [9.17, 15) is 0 Å². The highest BCUT2D eigenvalue weighted by molar-refractivity contribution is 7.14. The van der Waals surface area contributed by atoms with Crippen LogP contribution in [0, 0.1) is 0 Å². The molecule has 0 spiro atoms. The van der Waals surface area contributed by atoms with Gasteiger partial charge in [-0.25, -0.2) is 0 Å². The Morgan fingerprint density at radius 3 is 2.56 bits per heavy atom. The fraction of sp³-hybridized carbons (Fsp3) is 0.333. The Labute approximate surface area is 58.5 Å². The molecule has 0 saturated heterocycles. The van der Waals surface area contributed by atoms with Crippen molar-refractivity contribution in [3.05, 3.63) is 17.0 Å². The van der Waals surface area contributed by atoms with Gasteiger partial charge in [0.2, 0.25) is 0 Å². The fourth-order valence-electron chi connectivity index (χ4n) is 0.607. The minimum atomic E-state index is 0.110. The predicted octanol–water partition coefficient (Wildman–Crippen LogP) is 1.35. The van der Waals surface area contributed by atoms with E-state index in [1.54, 1.807) is 0 Å². The molecule has 1 heterocycles. The number of hydrogen-bond donors (Lipinski definition) is 2. The lowest BCUT2D eigenvalue weighted by atomic mass is 10.2. The van der Waals surface area contributed by atoms with Crippen molar-refractivity contribution < 1.29 is 0 Å². The molecule has 9 heavy (non-hydrogen) atoms. The third kappa shape index (κ3) is 1.43. The topological polar surface area (TPSA) is 52.0 Å². The molecule has 0 saturated carbocycles. The number of rotatable bonds is 1. The van der Waals surface area contributed by atoms with Crippen molar-refractivity contribution in [3.8, 4) is 0 Å². The van der Waals surface area contributed by atoms with Gasteiger partial charge < -0.3 is 11.5 Å². The summed E-state index contributed by atoms with van der Waals surface area (Å²) in [7, 11) is 0. The number of hydrogen-bond acceptors (Lipinski definition) is 3. The smallest absolute Gasteiger partial charge is 0.0859 e. The molecule has 0 amide bonds. The summed E-state index contributed by atoms with van der Waals surface area (Å²) in [4.78, 5) is 0. The summed E-state index contributed by atoms with van der Waals surface area (Å²) in [5.74, 6) is 0. The van der Waals surface area contributed by atoms with Gasteiger partial charge in [-0.15, -0.1) is 11.3 Å². The molecule has 0 radical (unpaired) electrons. The maximum Gasteiger partial charge on any atom is 0.0859 e. The van der Waals surface area contributed by atoms with Gasteiger partial charge in [0.25, 0.3) is 0 Å². The van der Waals surface area contributed by atoms with Crippen LogP contribution in [0.15, 0.2) is 11.4 Å². The highest BCUT2D eigenvalue weighted by Crippen LogP contribution is 2.20. The summed E-state index contributed by atoms with van der Waals surface area (Å²) < 4.78 is 0. The first-order valence-electron chi connectivity index (χ1n) is 2.79. The number of anilines is 1. The van der Waals surface area contributed by atoms with Gasteiger partial charge in [-0.1, -0.05) is 0 Å². The molecule has 0 aromatic carbocycles. The zero-order chi connectivity index (χ0) is 6.85. The molecule has 1 aromatic heterocycles. The van der Waals surface area contributed by atoms with E-state index < -0.39 is 0 Å². The standard InChI is InChI=1S/C6H10N2S/c1-4(7)5-2-6(8)9-3-5/h2-4H,7-8H2,1H3/t4-/m0/s1. The lowest BCUT2D eigenvalue weighted by Gasteiger charge is -1.97. The second kappa shape index (κ2) is 2.37. The van der Waals surface area contributed by atoms with Crippen LogP contribution in [0.5, 0.6) is 0 Å². The third-order valence-corrected chi connectivity index (χ3v) is 1.95.